The van der Waals surface area contributed by atoms with Crippen LogP contribution >= 0.6 is 0 Å². The van der Waals surface area contributed by atoms with Gasteiger partial charge in [0.1, 0.15) is 37.3 Å². The molecule has 3 rings (SSSR count). The minimum absolute atomic E-state index is 0.00218. The van der Waals surface area contributed by atoms with Crippen molar-refractivity contribution in [3.05, 3.63) is 83.9 Å². The number of aliphatic hydroxyl groups is 1. The van der Waals surface area contributed by atoms with Crippen LogP contribution in [0.1, 0.15) is 77.1 Å². The molecular formula is C34H51N2O4Si+. The standard InChI is InChI=1S/C34H51N2O4Si/c1-7-30-22-29(17-18-33(30)40-41(9-3,10-4)11-5)23-32(37)25-39-34(38)27(6)21-31(8-2)36-20-19-35(26-36)24-28-15-13-12-14-16-28/h12-20,22,26-27,31-32,37H,7-11,21,23-25H2,1-6H3/q+1. The average Bonchev–Trinajstić information content (AvgIpc) is 3.46. The summed E-state index contributed by atoms with van der Waals surface area (Å²) in [5, 5.41) is 10.7. The number of aliphatic hydroxyl groups excluding tert-OH is 1. The minimum atomic E-state index is -1.75. The highest BCUT2D eigenvalue weighted by Crippen LogP contribution is 2.30. The Morgan fingerprint density at radius 2 is 1.71 bits per heavy atom. The topological polar surface area (TPSA) is 64.6 Å². The molecule has 3 atom stereocenters. The van der Waals surface area contributed by atoms with Crippen molar-refractivity contribution in [1.82, 2.24) is 4.57 Å². The van der Waals surface area contributed by atoms with Crippen molar-refractivity contribution in [3.63, 3.8) is 0 Å². The maximum atomic E-state index is 12.8. The summed E-state index contributed by atoms with van der Waals surface area (Å²) >= 11 is 0. The molecule has 1 N–H and O–H groups in total. The van der Waals surface area contributed by atoms with Crippen LogP contribution in [-0.2, 0) is 28.9 Å². The SMILES string of the molecule is CCc1cc(CC(O)COC(=O)C(C)CC(CC)n2cc[n+](Cc3ccccc3)c2)ccc1O[Si](CC)(CC)CC. The smallest absolute Gasteiger partial charge is 0.308 e. The normalized spacial score (nSPS) is 13.9. The van der Waals surface area contributed by atoms with Gasteiger partial charge in [-0.2, -0.15) is 0 Å². The Labute approximate surface area is 248 Å². The maximum absolute atomic E-state index is 12.8. The maximum Gasteiger partial charge on any atom is 0.308 e. The van der Waals surface area contributed by atoms with Gasteiger partial charge in [0.25, 0.3) is 0 Å². The molecule has 0 spiro atoms. The van der Waals surface area contributed by atoms with E-state index < -0.39 is 14.4 Å². The number of benzene rings is 2. The molecule has 3 unspecified atom stereocenters. The lowest BCUT2D eigenvalue weighted by molar-refractivity contribution is -0.688. The second kappa shape index (κ2) is 15.9. The van der Waals surface area contributed by atoms with Crippen molar-refractivity contribution >= 4 is 14.3 Å². The van der Waals surface area contributed by atoms with Gasteiger partial charge in [-0.1, -0.05) is 84.0 Å². The Balaban J connectivity index is 1.51. The van der Waals surface area contributed by atoms with Crippen molar-refractivity contribution in [3.8, 4) is 5.75 Å². The van der Waals surface area contributed by atoms with E-state index >= 15 is 0 Å². The molecule has 1 heterocycles. The van der Waals surface area contributed by atoms with Crippen LogP contribution in [0.2, 0.25) is 18.1 Å². The second-order valence-electron chi connectivity index (χ2n) is 11.3. The number of rotatable bonds is 17. The van der Waals surface area contributed by atoms with Crippen LogP contribution in [0.3, 0.4) is 0 Å². The number of aryl methyl sites for hydroxylation is 1. The van der Waals surface area contributed by atoms with E-state index in [0.717, 1.165) is 48.8 Å². The van der Waals surface area contributed by atoms with Crippen LogP contribution in [0.15, 0.2) is 67.3 Å². The predicted octanol–water partition coefficient (Wildman–Crippen LogP) is 6.89. The second-order valence-corrected chi connectivity index (χ2v) is 16.0. The van der Waals surface area contributed by atoms with Gasteiger partial charge in [0.2, 0.25) is 14.6 Å². The Morgan fingerprint density at radius 3 is 2.34 bits per heavy atom. The van der Waals surface area contributed by atoms with Crippen molar-refractivity contribution in [2.45, 2.75) is 104 Å². The first kappa shape index (κ1) is 32.6. The van der Waals surface area contributed by atoms with Crippen molar-refractivity contribution in [2.24, 2.45) is 5.92 Å². The molecule has 6 nitrogen and oxygen atoms in total. The zero-order chi connectivity index (χ0) is 29.8. The largest absolute Gasteiger partial charge is 0.543 e. The summed E-state index contributed by atoms with van der Waals surface area (Å²) in [7, 11) is -1.75. The van der Waals surface area contributed by atoms with Gasteiger partial charge in [-0.05, 0) is 53.7 Å². The number of hydrogen-bond donors (Lipinski definition) is 1. The lowest BCUT2D eigenvalue weighted by Crippen LogP contribution is -2.39. The van der Waals surface area contributed by atoms with E-state index in [0.29, 0.717) is 12.8 Å². The highest BCUT2D eigenvalue weighted by molar-refractivity contribution is 6.74. The molecule has 3 aromatic rings. The van der Waals surface area contributed by atoms with Gasteiger partial charge in [-0.15, -0.1) is 0 Å². The van der Waals surface area contributed by atoms with Gasteiger partial charge in [0.05, 0.1) is 12.0 Å². The predicted molar refractivity (Wildman–Crippen MR) is 168 cm³/mol. The van der Waals surface area contributed by atoms with Gasteiger partial charge in [-0.3, -0.25) is 4.79 Å². The third-order valence-electron chi connectivity index (χ3n) is 8.50. The summed E-state index contributed by atoms with van der Waals surface area (Å²) in [5.41, 5.74) is 3.46. The number of imidazole rings is 1. The fraction of sp³-hybridized carbons (Fsp3) is 0.529. The van der Waals surface area contributed by atoms with Crippen molar-refractivity contribution in [1.29, 1.82) is 0 Å². The molecule has 0 aliphatic rings. The zero-order valence-corrected chi connectivity index (χ0v) is 27.0. The lowest BCUT2D eigenvalue weighted by atomic mass is 10.00. The van der Waals surface area contributed by atoms with Crippen LogP contribution < -0.4 is 8.99 Å². The summed E-state index contributed by atoms with van der Waals surface area (Å²) in [5.74, 6) is 0.465. The molecule has 0 radical (unpaired) electrons. The Bertz CT molecular complexity index is 1200. The van der Waals surface area contributed by atoms with E-state index in [4.69, 9.17) is 9.16 Å². The van der Waals surface area contributed by atoms with Crippen molar-refractivity contribution in [2.75, 3.05) is 6.61 Å². The molecule has 7 heteroatoms. The molecule has 41 heavy (non-hydrogen) atoms. The molecule has 224 valence electrons. The Hall–Kier alpha value is -2.90. The molecule has 1 aromatic heterocycles. The first-order valence-electron chi connectivity index (χ1n) is 15.5. The number of aromatic nitrogens is 2. The molecule has 0 aliphatic carbocycles. The first-order valence-corrected chi connectivity index (χ1v) is 18.0. The van der Waals surface area contributed by atoms with Gasteiger partial charge < -0.3 is 14.3 Å². The van der Waals surface area contributed by atoms with Crippen LogP contribution in [0.25, 0.3) is 0 Å². The third kappa shape index (κ3) is 9.30. The molecule has 0 bridgehead atoms. The van der Waals surface area contributed by atoms with Crippen LogP contribution in [0.4, 0.5) is 0 Å². The molecular weight excluding hydrogens is 528 g/mol. The number of carbonyl (C=O) groups excluding carboxylic acids is 1. The van der Waals surface area contributed by atoms with Crippen molar-refractivity contribution < 1.29 is 23.6 Å². The highest BCUT2D eigenvalue weighted by Gasteiger charge is 2.31. The number of esters is 1. The monoisotopic (exact) mass is 579 g/mol. The molecule has 2 aromatic carbocycles. The Kier molecular flexibility index (Phi) is 12.7. The molecule has 0 amide bonds. The van der Waals surface area contributed by atoms with E-state index in [-0.39, 0.29) is 24.5 Å². The summed E-state index contributed by atoms with van der Waals surface area (Å²) in [6.07, 6.45) is 8.43. The van der Waals surface area contributed by atoms with Crippen LogP contribution in [0.5, 0.6) is 5.75 Å². The fourth-order valence-electron chi connectivity index (χ4n) is 5.51. The average molecular weight is 580 g/mol. The number of carbonyl (C=O) groups is 1. The van der Waals surface area contributed by atoms with Crippen LogP contribution in [0, 0.1) is 5.92 Å². The van der Waals surface area contributed by atoms with Gasteiger partial charge in [0, 0.05) is 12.8 Å². The van der Waals surface area contributed by atoms with Gasteiger partial charge in [0.15, 0.2) is 0 Å². The highest BCUT2D eigenvalue weighted by atomic mass is 28.4. The summed E-state index contributed by atoms with van der Waals surface area (Å²) in [6.45, 7) is 13.7. The quantitative estimate of drug-likeness (QED) is 0.107. The summed E-state index contributed by atoms with van der Waals surface area (Å²) < 4.78 is 16.6. The van der Waals surface area contributed by atoms with E-state index in [9.17, 15) is 9.90 Å². The molecule has 0 saturated carbocycles. The number of nitrogens with zero attached hydrogens (tertiary/aromatic N) is 2. The molecule has 0 fully saturated rings. The van der Waals surface area contributed by atoms with Crippen LogP contribution in [-0.4, -0.2) is 36.7 Å². The van der Waals surface area contributed by atoms with E-state index in [2.05, 4.69) is 98.9 Å². The van der Waals surface area contributed by atoms with E-state index in [1.807, 2.05) is 19.1 Å². The summed E-state index contributed by atoms with van der Waals surface area (Å²) in [4.78, 5) is 12.8. The number of hydrogen-bond acceptors (Lipinski definition) is 4. The number of ether oxygens (including phenoxy) is 1. The van der Waals surface area contributed by atoms with E-state index in [1.165, 1.54) is 11.1 Å². The summed E-state index contributed by atoms with van der Waals surface area (Å²) in [6, 6.07) is 20.1. The van der Waals surface area contributed by atoms with Gasteiger partial charge >= 0.3 is 5.97 Å². The van der Waals surface area contributed by atoms with Gasteiger partial charge in [-0.25, -0.2) is 9.13 Å². The zero-order valence-electron chi connectivity index (χ0n) is 26.0. The fourth-order valence-corrected chi connectivity index (χ4v) is 8.10. The molecule has 0 aliphatic heterocycles. The third-order valence-corrected chi connectivity index (χ3v) is 13.0. The molecule has 0 saturated heterocycles. The first-order chi connectivity index (χ1) is 19.8. The lowest BCUT2D eigenvalue weighted by Gasteiger charge is -2.30. The minimum Gasteiger partial charge on any atom is -0.543 e. The Morgan fingerprint density at radius 1 is 1.00 bits per heavy atom. The van der Waals surface area contributed by atoms with E-state index in [1.54, 1.807) is 0 Å².